The second-order valence-corrected chi connectivity index (χ2v) is 8.35. The van der Waals surface area contributed by atoms with Crippen LogP contribution in [-0.2, 0) is 20.9 Å². The number of hydrogen-bond donors (Lipinski definition) is 2. The molecule has 2 fully saturated rings. The van der Waals surface area contributed by atoms with Gasteiger partial charge in [-0.05, 0) is 57.2 Å². The Morgan fingerprint density at radius 1 is 1.09 bits per heavy atom. The molecule has 0 bridgehead atoms. The highest BCUT2D eigenvalue weighted by Crippen LogP contribution is 2.26. The van der Waals surface area contributed by atoms with Crippen molar-refractivity contribution in [2.45, 2.75) is 58.9 Å². The number of likely N-dealkylation sites (tertiary alicyclic amines) is 1. The van der Waals surface area contributed by atoms with Gasteiger partial charge in [-0.2, -0.15) is 0 Å². The van der Waals surface area contributed by atoms with E-state index in [1.165, 1.54) is 0 Å². The molecule has 1 amide bonds. The molecule has 32 heavy (non-hydrogen) atoms. The third-order valence-corrected chi connectivity index (χ3v) is 6.08. The fourth-order valence-corrected chi connectivity index (χ4v) is 4.36. The van der Waals surface area contributed by atoms with E-state index in [1.807, 2.05) is 31.2 Å². The summed E-state index contributed by atoms with van der Waals surface area (Å²) in [5.74, 6) is 1.06. The molecule has 1 aromatic carbocycles. The second kappa shape index (κ2) is 13.6. The van der Waals surface area contributed by atoms with Crippen LogP contribution in [-0.4, -0.2) is 49.0 Å². The average Bonchev–Trinajstić information content (AvgIpc) is 3.32. The molecule has 1 aliphatic carbocycles. The molecule has 8 heteroatoms. The summed E-state index contributed by atoms with van der Waals surface area (Å²) < 4.78 is 5.17. The lowest BCUT2D eigenvalue weighted by molar-refractivity contribution is -0.149. The average molecular weight is 556 g/mol. The van der Waals surface area contributed by atoms with Crippen LogP contribution >= 0.6 is 24.0 Å². The summed E-state index contributed by atoms with van der Waals surface area (Å²) in [6.07, 6.45) is 5.86. The fraction of sp³-hybridized carbons (Fsp3) is 0.625. The van der Waals surface area contributed by atoms with Crippen molar-refractivity contribution in [1.82, 2.24) is 10.2 Å². The molecule has 178 valence electrons. The van der Waals surface area contributed by atoms with Crippen LogP contribution in [0.4, 0.5) is 5.69 Å². The Morgan fingerprint density at radius 3 is 2.47 bits per heavy atom. The largest absolute Gasteiger partial charge is 0.466 e. The Hall–Kier alpha value is -1.84. The molecule has 0 atom stereocenters. The molecule has 0 radical (unpaired) electrons. The van der Waals surface area contributed by atoms with Gasteiger partial charge in [0.25, 0.3) is 0 Å². The van der Waals surface area contributed by atoms with Gasteiger partial charge in [-0.1, -0.05) is 25.0 Å². The van der Waals surface area contributed by atoms with Gasteiger partial charge < -0.3 is 20.3 Å². The summed E-state index contributed by atoms with van der Waals surface area (Å²) in [5.41, 5.74) is 1.89. The Labute approximate surface area is 208 Å². The number of anilines is 1. The van der Waals surface area contributed by atoms with E-state index in [4.69, 9.17) is 9.73 Å². The van der Waals surface area contributed by atoms with Gasteiger partial charge in [0.1, 0.15) is 0 Å². The molecule has 3 rings (SSSR count). The third kappa shape index (κ3) is 7.64. The highest BCUT2D eigenvalue weighted by Gasteiger charge is 2.27. The first kappa shape index (κ1) is 26.4. The smallest absolute Gasteiger partial charge is 0.309 e. The van der Waals surface area contributed by atoms with Gasteiger partial charge in [0, 0.05) is 31.2 Å². The van der Waals surface area contributed by atoms with Gasteiger partial charge in [-0.25, -0.2) is 4.99 Å². The molecule has 1 heterocycles. The molecule has 2 N–H and O–H groups in total. The van der Waals surface area contributed by atoms with E-state index in [2.05, 4.69) is 22.5 Å². The highest BCUT2D eigenvalue weighted by atomic mass is 127. The number of nitrogens with one attached hydrogen (secondary N) is 2. The van der Waals surface area contributed by atoms with E-state index in [0.29, 0.717) is 13.2 Å². The standard InChI is InChI=1S/C24H36N4O3.HI/c1-3-25-24(28-14-12-20(13-15-28)23(30)31-4-2)26-17-18-8-7-11-21(16-18)27-22(29)19-9-5-6-10-19;/h7-8,11,16,19-20H,3-6,9-10,12-15,17H2,1-2H3,(H,25,26)(H,27,29);1H. The van der Waals surface area contributed by atoms with Gasteiger partial charge in [0.05, 0.1) is 19.1 Å². The van der Waals surface area contributed by atoms with Crippen LogP contribution in [0.15, 0.2) is 29.3 Å². The predicted molar refractivity (Wildman–Crippen MR) is 138 cm³/mol. The number of esters is 1. The lowest BCUT2D eigenvalue weighted by atomic mass is 9.97. The summed E-state index contributed by atoms with van der Waals surface area (Å²) in [5, 5.41) is 6.43. The van der Waals surface area contributed by atoms with E-state index in [1.54, 1.807) is 0 Å². The first-order chi connectivity index (χ1) is 15.1. The van der Waals surface area contributed by atoms with E-state index in [-0.39, 0.29) is 47.7 Å². The Kier molecular flexibility index (Phi) is 11.3. The van der Waals surface area contributed by atoms with Crippen molar-refractivity contribution < 1.29 is 14.3 Å². The number of ether oxygens (including phenoxy) is 1. The molecule has 0 unspecified atom stereocenters. The van der Waals surface area contributed by atoms with Crippen LogP contribution in [0.1, 0.15) is 57.9 Å². The number of piperidine rings is 1. The number of rotatable bonds is 7. The number of carbonyl (C=O) groups excluding carboxylic acids is 2. The maximum Gasteiger partial charge on any atom is 0.309 e. The van der Waals surface area contributed by atoms with Gasteiger partial charge in [0.2, 0.25) is 5.91 Å². The van der Waals surface area contributed by atoms with Crippen molar-refractivity contribution in [3.05, 3.63) is 29.8 Å². The molecule has 1 saturated heterocycles. The van der Waals surface area contributed by atoms with Crippen LogP contribution in [0.5, 0.6) is 0 Å². The third-order valence-electron chi connectivity index (χ3n) is 6.08. The first-order valence-corrected chi connectivity index (χ1v) is 11.7. The number of carbonyl (C=O) groups is 2. The van der Waals surface area contributed by atoms with Crippen molar-refractivity contribution in [3.8, 4) is 0 Å². The second-order valence-electron chi connectivity index (χ2n) is 8.35. The minimum absolute atomic E-state index is 0. The molecule has 0 spiro atoms. The van der Waals surface area contributed by atoms with E-state index >= 15 is 0 Å². The minimum Gasteiger partial charge on any atom is -0.466 e. The topological polar surface area (TPSA) is 83.0 Å². The molecule has 0 aromatic heterocycles. The summed E-state index contributed by atoms with van der Waals surface area (Å²) in [6, 6.07) is 7.94. The van der Waals surface area contributed by atoms with Gasteiger partial charge in [0.15, 0.2) is 5.96 Å². The normalized spacial score (nSPS) is 17.6. The van der Waals surface area contributed by atoms with Crippen molar-refractivity contribution in [2.75, 3.05) is 31.6 Å². The van der Waals surface area contributed by atoms with E-state index in [0.717, 1.165) is 75.4 Å². The zero-order chi connectivity index (χ0) is 22.1. The van der Waals surface area contributed by atoms with Crippen LogP contribution in [0.25, 0.3) is 0 Å². The summed E-state index contributed by atoms with van der Waals surface area (Å²) in [4.78, 5) is 31.4. The van der Waals surface area contributed by atoms with E-state index < -0.39 is 0 Å². The Bertz CT molecular complexity index is 772. The van der Waals surface area contributed by atoms with Crippen molar-refractivity contribution >= 4 is 47.5 Å². The number of amides is 1. The SMILES string of the molecule is CCNC(=NCc1cccc(NC(=O)C2CCCC2)c1)N1CCC(C(=O)OCC)CC1.I. The summed E-state index contributed by atoms with van der Waals surface area (Å²) in [7, 11) is 0. The number of guanidine groups is 1. The van der Waals surface area contributed by atoms with Crippen LogP contribution in [0, 0.1) is 11.8 Å². The van der Waals surface area contributed by atoms with E-state index in [9.17, 15) is 9.59 Å². The van der Waals surface area contributed by atoms with Crippen LogP contribution in [0.2, 0.25) is 0 Å². The number of halogens is 1. The minimum atomic E-state index is -0.0828. The molecule has 1 saturated carbocycles. The molecule has 1 aromatic rings. The van der Waals surface area contributed by atoms with Gasteiger partial charge >= 0.3 is 5.97 Å². The molecule has 1 aliphatic heterocycles. The van der Waals surface area contributed by atoms with Crippen LogP contribution < -0.4 is 10.6 Å². The number of benzene rings is 1. The lowest BCUT2D eigenvalue weighted by Gasteiger charge is -2.33. The fourth-order valence-electron chi connectivity index (χ4n) is 4.36. The van der Waals surface area contributed by atoms with Crippen molar-refractivity contribution in [3.63, 3.8) is 0 Å². The number of nitrogens with zero attached hydrogens (tertiary/aromatic N) is 2. The molecular weight excluding hydrogens is 519 g/mol. The molecule has 2 aliphatic rings. The van der Waals surface area contributed by atoms with Crippen molar-refractivity contribution in [2.24, 2.45) is 16.8 Å². The Morgan fingerprint density at radius 2 is 1.81 bits per heavy atom. The maximum atomic E-state index is 12.4. The van der Waals surface area contributed by atoms with Crippen LogP contribution in [0.3, 0.4) is 0 Å². The zero-order valence-corrected chi connectivity index (χ0v) is 21.6. The molecular formula is C24H37IN4O3. The highest BCUT2D eigenvalue weighted by molar-refractivity contribution is 14.0. The predicted octanol–water partition coefficient (Wildman–Crippen LogP) is 4.17. The quantitative estimate of drug-likeness (QED) is 0.228. The Balaban J connectivity index is 0.00000363. The lowest BCUT2D eigenvalue weighted by Crippen LogP contribution is -2.46. The molecule has 7 nitrogen and oxygen atoms in total. The summed E-state index contributed by atoms with van der Waals surface area (Å²) in [6.45, 7) is 7.22. The van der Waals surface area contributed by atoms with Gasteiger partial charge in [-0.15, -0.1) is 24.0 Å². The summed E-state index contributed by atoms with van der Waals surface area (Å²) >= 11 is 0. The number of aliphatic imine (C=N–C) groups is 1. The van der Waals surface area contributed by atoms with Crippen molar-refractivity contribution in [1.29, 1.82) is 0 Å². The maximum absolute atomic E-state index is 12.4. The zero-order valence-electron chi connectivity index (χ0n) is 19.3. The monoisotopic (exact) mass is 556 g/mol. The first-order valence-electron chi connectivity index (χ1n) is 11.7. The van der Waals surface area contributed by atoms with Gasteiger partial charge in [-0.3, -0.25) is 9.59 Å². The number of hydrogen-bond acceptors (Lipinski definition) is 4.